The molecule has 0 radical (unpaired) electrons. The normalized spacial score (nSPS) is 9.12. The van der Waals surface area contributed by atoms with Gasteiger partial charge >= 0.3 is 0 Å². The van der Waals surface area contributed by atoms with Crippen LogP contribution in [0.3, 0.4) is 0 Å². The predicted octanol–water partition coefficient (Wildman–Crippen LogP) is 4.46. The van der Waals surface area contributed by atoms with Crippen molar-refractivity contribution in [3.63, 3.8) is 0 Å². The van der Waals surface area contributed by atoms with Crippen molar-refractivity contribution in [2.45, 2.75) is 0 Å². The summed E-state index contributed by atoms with van der Waals surface area (Å²) in [5.74, 6) is 0. The van der Waals surface area contributed by atoms with E-state index in [-0.39, 0.29) is 0 Å². The minimum absolute atomic E-state index is 0.413. The zero-order valence-electron chi connectivity index (χ0n) is 8.51. The Balaban J connectivity index is 2.69. The Hall–Kier alpha value is -2.58. The molecule has 2 nitrogen and oxygen atoms in total. The van der Waals surface area contributed by atoms with Gasteiger partial charge in [-0.15, -0.1) is 0 Å². The second kappa shape index (κ2) is 4.29. The van der Waals surface area contributed by atoms with Crippen LogP contribution in [0.2, 0.25) is 0 Å². The highest BCUT2D eigenvalue weighted by atomic mass is 14.8. The molecule has 16 heavy (non-hydrogen) atoms. The molecule has 0 bridgehead atoms. The van der Waals surface area contributed by atoms with Gasteiger partial charge in [0.25, 0.3) is 0 Å². The van der Waals surface area contributed by atoms with Gasteiger partial charge in [-0.25, -0.2) is 4.85 Å². The summed E-state index contributed by atoms with van der Waals surface area (Å²) in [4.78, 5) is 6.82. The summed E-state index contributed by atoms with van der Waals surface area (Å²) in [6.07, 6.45) is 0. The molecule has 0 amide bonds. The fraction of sp³-hybridized carbons (Fsp3) is 0. The van der Waals surface area contributed by atoms with Crippen LogP contribution in [0.25, 0.3) is 20.8 Å². The van der Waals surface area contributed by atoms with E-state index in [1.54, 1.807) is 6.07 Å². The molecule has 74 valence electrons. The van der Waals surface area contributed by atoms with Crippen LogP contribution in [0.4, 0.5) is 11.4 Å². The Labute approximate surface area is 94.4 Å². The third-order valence-electron chi connectivity index (χ3n) is 2.33. The molecule has 0 spiro atoms. The van der Waals surface area contributed by atoms with Gasteiger partial charge < -0.3 is 0 Å². The maximum absolute atomic E-state index is 7.16. The molecule has 0 saturated carbocycles. The molecule has 0 heterocycles. The van der Waals surface area contributed by atoms with E-state index in [0.717, 1.165) is 11.1 Å². The van der Waals surface area contributed by atoms with Gasteiger partial charge in [0, 0.05) is 0 Å². The highest BCUT2D eigenvalue weighted by molar-refractivity contribution is 5.88. The number of para-hydroxylation sites is 1. The fourth-order valence-corrected chi connectivity index (χ4v) is 1.59. The monoisotopic (exact) mass is 204 g/mol. The standard InChI is InChI=1S/C14H8N2/c1-15-13-10-6-9-12(14(13)16-2)11-7-4-3-5-8-11/h3-10H. The van der Waals surface area contributed by atoms with Crippen LogP contribution in [0.1, 0.15) is 0 Å². The van der Waals surface area contributed by atoms with Crippen molar-refractivity contribution in [3.8, 4) is 11.1 Å². The molecule has 0 aliphatic rings. The number of nitrogens with zero attached hydrogens (tertiary/aromatic N) is 2. The smallest absolute Gasteiger partial charge is 0.202 e. The molecule has 0 N–H and O–H groups in total. The molecule has 2 aromatic carbocycles. The number of rotatable bonds is 1. The third kappa shape index (κ3) is 1.65. The van der Waals surface area contributed by atoms with Crippen LogP contribution in [0.15, 0.2) is 48.5 Å². The van der Waals surface area contributed by atoms with Crippen LogP contribution in [0.5, 0.6) is 0 Å². The summed E-state index contributed by atoms with van der Waals surface area (Å²) in [5.41, 5.74) is 2.64. The van der Waals surface area contributed by atoms with Gasteiger partial charge in [-0.3, -0.25) is 4.85 Å². The first kappa shape index (κ1) is 9.96. The highest BCUT2D eigenvalue weighted by Crippen LogP contribution is 2.38. The topological polar surface area (TPSA) is 8.72 Å². The van der Waals surface area contributed by atoms with Gasteiger partial charge in [-0.2, -0.15) is 0 Å². The molecule has 0 fully saturated rings. The van der Waals surface area contributed by atoms with Crippen molar-refractivity contribution in [2.75, 3.05) is 0 Å². The quantitative estimate of drug-likeness (QED) is 0.606. The van der Waals surface area contributed by atoms with Crippen molar-refractivity contribution in [3.05, 3.63) is 71.4 Å². The van der Waals surface area contributed by atoms with Gasteiger partial charge in [0.05, 0.1) is 13.1 Å². The van der Waals surface area contributed by atoms with E-state index in [9.17, 15) is 0 Å². The van der Waals surface area contributed by atoms with E-state index in [4.69, 9.17) is 13.1 Å². The minimum Gasteiger partial charge on any atom is -0.250 e. The summed E-state index contributed by atoms with van der Waals surface area (Å²) in [6, 6.07) is 15.0. The Morgan fingerprint density at radius 3 is 2.12 bits per heavy atom. The van der Waals surface area contributed by atoms with E-state index in [0.29, 0.717) is 11.4 Å². The molecule has 0 aromatic heterocycles. The first-order valence-electron chi connectivity index (χ1n) is 4.80. The van der Waals surface area contributed by atoms with E-state index in [1.807, 2.05) is 42.5 Å². The van der Waals surface area contributed by atoms with Crippen LogP contribution in [-0.4, -0.2) is 0 Å². The molecular formula is C14H8N2. The van der Waals surface area contributed by atoms with E-state index in [2.05, 4.69) is 9.69 Å². The van der Waals surface area contributed by atoms with Crippen molar-refractivity contribution >= 4 is 11.4 Å². The van der Waals surface area contributed by atoms with Crippen molar-refractivity contribution in [2.24, 2.45) is 0 Å². The largest absolute Gasteiger partial charge is 0.250 e. The molecule has 0 atom stereocenters. The summed E-state index contributed by atoms with van der Waals surface area (Å²) in [6.45, 7) is 14.2. The fourth-order valence-electron chi connectivity index (χ4n) is 1.59. The Bertz CT molecular complexity index is 586. The summed E-state index contributed by atoms with van der Waals surface area (Å²) >= 11 is 0. The first-order valence-corrected chi connectivity index (χ1v) is 4.80. The third-order valence-corrected chi connectivity index (χ3v) is 2.33. The molecule has 2 aromatic rings. The van der Waals surface area contributed by atoms with Crippen LogP contribution < -0.4 is 0 Å². The Kier molecular flexibility index (Phi) is 2.67. The molecular weight excluding hydrogens is 196 g/mol. The zero-order valence-corrected chi connectivity index (χ0v) is 8.51. The number of benzene rings is 2. The Morgan fingerprint density at radius 2 is 1.50 bits per heavy atom. The number of hydrogen-bond acceptors (Lipinski definition) is 0. The van der Waals surface area contributed by atoms with Gasteiger partial charge in [-0.05, 0) is 11.1 Å². The SMILES string of the molecule is [C-]#[N+]c1cccc(-c2ccccc2)c1[N+]#[C-]. The molecule has 0 aliphatic carbocycles. The molecule has 0 unspecified atom stereocenters. The first-order chi connectivity index (χ1) is 7.86. The lowest BCUT2D eigenvalue weighted by Crippen LogP contribution is -1.77. The van der Waals surface area contributed by atoms with Gasteiger partial charge in [0.15, 0.2) is 5.69 Å². The van der Waals surface area contributed by atoms with Crippen molar-refractivity contribution < 1.29 is 0 Å². The average Bonchev–Trinajstić information content (AvgIpc) is 2.38. The lowest BCUT2D eigenvalue weighted by Gasteiger charge is -2.05. The second-order valence-electron chi connectivity index (χ2n) is 3.26. The molecule has 0 aliphatic heterocycles. The van der Waals surface area contributed by atoms with E-state index in [1.165, 1.54) is 0 Å². The summed E-state index contributed by atoms with van der Waals surface area (Å²) < 4.78 is 0. The van der Waals surface area contributed by atoms with Crippen LogP contribution in [0, 0.1) is 13.1 Å². The minimum atomic E-state index is 0.413. The molecule has 2 rings (SSSR count). The van der Waals surface area contributed by atoms with Gasteiger partial charge in [0.2, 0.25) is 5.69 Å². The highest BCUT2D eigenvalue weighted by Gasteiger charge is 2.09. The molecule has 0 saturated heterocycles. The van der Waals surface area contributed by atoms with Gasteiger partial charge in [0.1, 0.15) is 0 Å². The summed E-state index contributed by atoms with van der Waals surface area (Å²) in [7, 11) is 0. The van der Waals surface area contributed by atoms with Crippen LogP contribution >= 0.6 is 0 Å². The maximum atomic E-state index is 7.16. The van der Waals surface area contributed by atoms with Crippen molar-refractivity contribution in [1.29, 1.82) is 0 Å². The van der Waals surface area contributed by atoms with Gasteiger partial charge in [-0.1, -0.05) is 48.5 Å². The van der Waals surface area contributed by atoms with Crippen molar-refractivity contribution in [1.82, 2.24) is 0 Å². The lowest BCUT2D eigenvalue weighted by molar-refractivity contribution is 1.63. The van der Waals surface area contributed by atoms with Crippen LogP contribution in [-0.2, 0) is 0 Å². The number of hydrogen-bond donors (Lipinski definition) is 0. The average molecular weight is 204 g/mol. The Morgan fingerprint density at radius 1 is 0.750 bits per heavy atom. The second-order valence-corrected chi connectivity index (χ2v) is 3.26. The van der Waals surface area contributed by atoms with E-state index < -0.39 is 0 Å². The zero-order chi connectivity index (χ0) is 11.4. The predicted molar refractivity (Wildman–Crippen MR) is 64.4 cm³/mol. The summed E-state index contributed by atoms with van der Waals surface area (Å²) in [5, 5.41) is 0. The lowest BCUT2D eigenvalue weighted by atomic mass is 10.0. The van der Waals surface area contributed by atoms with E-state index >= 15 is 0 Å². The molecule has 2 heteroatoms. The maximum Gasteiger partial charge on any atom is 0.202 e.